The first-order valence-corrected chi connectivity index (χ1v) is 13.6. The van der Waals surface area contributed by atoms with Crippen molar-refractivity contribution < 1.29 is 32.3 Å². The van der Waals surface area contributed by atoms with Crippen LogP contribution in [-0.2, 0) is 19.4 Å². The average molecular weight is 533 g/mol. The van der Waals surface area contributed by atoms with E-state index in [1.165, 1.54) is 35.5 Å². The van der Waals surface area contributed by atoms with Gasteiger partial charge in [0.2, 0.25) is 5.91 Å². The predicted molar refractivity (Wildman–Crippen MR) is 133 cm³/mol. The maximum Gasteiger partial charge on any atom is 0.257 e. The summed E-state index contributed by atoms with van der Waals surface area (Å²) in [6.45, 7) is 0.0104. The van der Waals surface area contributed by atoms with Crippen molar-refractivity contribution in [1.82, 2.24) is 10.4 Å². The number of para-hydroxylation sites is 1. The summed E-state index contributed by atoms with van der Waals surface area (Å²) >= 11 is 1.19. The van der Waals surface area contributed by atoms with Gasteiger partial charge in [0.25, 0.3) is 5.91 Å². The van der Waals surface area contributed by atoms with E-state index in [1.807, 2.05) is 0 Å². The number of sulfone groups is 1. The Balaban J connectivity index is 1.72. The minimum Gasteiger partial charge on any atom is -0.496 e. The fourth-order valence-electron chi connectivity index (χ4n) is 4.42. The molecular formula is C25H25FN2O6S2. The van der Waals surface area contributed by atoms with Gasteiger partial charge in [-0.25, -0.2) is 18.3 Å². The van der Waals surface area contributed by atoms with Crippen LogP contribution < -0.4 is 10.2 Å². The highest BCUT2D eigenvalue weighted by Crippen LogP contribution is 2.45. The fourth-order valence-corrected chi connectivity index (χ4v) is 8.02. The van der Waals surface area contributed by atoms with Gasteiger partial charge in [-0.3, -0.25) is 14.8 Å². The Morgan fingerprint density at radius 3 is 2.53 bits per heavy atom. The molecule has 190 valence electrons. The number of ether oxygens (including phenoxy) is 1. The molecule has 0 bridgehead atoms. The zero-order valence-electron chi connectivity index (χ0n) is 19.4. The monoisotopic (exact) mass is 532 g/mol. The number of nitrogens with zero attached hydrogens (tertiary/aromatic N) is 1. The van der Waals surface area contributed by atoms with Crippen LogP contribution in [-0.4, -0.2) is 56.3 Å². The number of methoxy groups -OCH3 is 1. The standard InChI is InChI=1S/C25H25FN2O6S2/c1-34-20-5-3-2-4-19(20)24(30)28-13-12-25(16-23(29)27-31,36(32,33)15-14-28)22-11-10-21(35-22)17-6-8-18(26)9-7-17/h2-11,31H,12-16H2,1H3,(H,27,29). The number of halogens is 1. The minimum absolute atomic E-state index is 0.0486. The lowest BCUT2D eigenvalue weighted by Crippen LogP contribution is -2.41. The van der Waals surface area contributed by atoms with Gasteiger partial charge in [-0.1, -0.05) is 24.3 Å². The Bertz CT molecular complexity index is 1370. The molecule has 0 spiro atoms. The summed E-state index contributed by atoms with van der Waals surface area (Å²) < 4.78 is 44.5. The third kappa shape index (κ3) is 4.86. The Morgan fingerprint density at radius 2 is 1.83 bits per heavy atom. The second kappa shape index (κ2) is 10.4. The van der Waals surface area contributed by atoms with Gasteiger partial charge in [0.05, 0.1) is 24.8 Å². The number of hydrogen-bond acceptors (Lipinski definition) is 7. The molecule has 1 aliphatic heterocycles. The topological polar surface area (TPSA) is 113 Å². The molecule has 1 aromatic heterocycles. The third-order valence-corrected chi connectivity index (χ3v) is 10.3. The van der Waals surface area contributed by atoms with E-state index < -0.39 is 32.7 Å². The lowest BCUT2D eigenvalue weighted by atomic mass is 9.97. The number of rotatable bonds is 6. The van der Waals surface area contributed by atoms with E-state index in [2.05, 4.69) is 0 Å². The summed E-state index contributed by atoms with van der Waals surface area (Å²) in [5.41, 5.74) is 2.56. The van der Waals surface area contributed by atoms with Crippen LogP contribution >= 0.6 is 11.3 Å². The summed E-state index contributed by atoms with van der Waals surface area (Å²) in [4.78, 5) is 28.2. The van der Waals surface area contributed by atoms with Crippen molar-refractivity contribution in [3.05, 3.63) is 76.9 Å². The highest BCUT2D eigenvalue weighted by atomic mass is 32.2. The van der Waals surface area contributed by atoms with Crippen LogP contribution in [0.3, 0.4) is 0 Å². The van der Waals surface area contributed by atoms with Gasteiger partial charge in [-0.05, 0) is 48.4 Å². The first-order valence-electron chi connectivity index (χ1n) is 11.1. The quantitative estimate of drug-likeness (QED) is 0.371. The van der Waals surface area contributed by atoms with Gasteiger partial charge in [-0.2, -0.15) is 0 Å². The van der Waals surface area contributed by atoms with Gasteiger partial charge >= 0.3 is 0 Å². The largest absolute Gasteiger partial charge is 0.496 e. The number of amides is 2. The Labute approximate surface area is 212 Å². The van der Waals surface area contributed by atoms with Gasteiger partial charge < -0.3 is 9.64 Å². The molecule has 2 N–H and O–H groups in total. The van der Waals surface area contributed by atoms with Crippen molar-refractivity contribution in [1.29, 1.82) is 0 Å². The lowest BCUT2D eigenvalue weighted by Gasteiger charge is -2.30. The molecule has 36 heavy (non-hydrogen) atoms. The second-order valence-electron chi connectivity index (χ2n) is 8.44. The van der Waals surface area contributed by atoms with E-state index >= 15 is 0 Å². The average Bonchev–Trinajstić information content (AvgIpc) is 3.33. The number of benzene rings is 2. The van der Waals surface area contributed by atoms with Crippen LogP contribution in [0.4, 0.5) is 4.39 Å². The lowest BCUT2D eigenvalue weighted by molar-refractivity contribution is -0.129. The van der Waals surface area contributed by atoms with Crippen molar-refractivity contribution in [3.63, 3.8) is 0 Å². The van der Waals surface area contributed by atoms with E-state index in [4.69, 9.17) is 4.74 Å². The maximum absolute atomic E-state index is 13.7. The zero-order valence-corrected chi connectivity index (χ0v) is 21.1. The van der Waals surface area contributed by atoms with Crippen molar-refractivity contribution in [2.45, 2.75) is 17.6 Å². The molecule has 11 heteroatoms. The summed E-state index contributed by atoms with van der Waals surface area (Å²) in [7, 11) is -2.51. The summed E-state index contributed by atoms with van der Waals surface area (Å²) in [5.74, 6) is -1.60. The van der Waals surface area contributed by atoms with Crippen LogP contribution in [0.25, 0.3) is 10.4 Å². The molecule has 1 unspecified atom stereocenters. The van der Waals surface area contributed by atoms with Crippen LogP contribution in [0, 0.1) is 5.82 Å². The van der Waals surface area contributed by atoms with E-state index in [9.17, 15) is 27.6 Å². The molecule has 3 aromatic rings. The van der Waals surface area contributed by atoms with Crippen molar-refractivity contribution in [2.24, 2.45) is 0 Å². The number of hydrogen-bond donors (Lipinski definition) is 2. The molecular weight excluding hydrogens is 507 g/mol. The fraction of sp³-hybridized carbons (Fsp3) is 0.280. The zero-order chi connectivity index (χ0) is 25.9. The third-order valence-electron chi connectivity index (χ3n) is 6.39. The van der Waals surface area contributed by atoms with Crippen LogP contribution in [0.5, 0.6) is 5.75 Å². The highest BCUT2D eigenvalue weighted by Gasteiger charge is 2.50. The molecule has 1 saturated heterocycles. The molecule has 0 aliphatic carbocycles. The van der Waals surface area contributed by atoms with Gasteiger partial charge in [-0.15, -0.1) is 11.3 Å². The smallest absolute Gasteiger partial charge is 0.257 e. The van der Waals surface area contributed by atoms with Crippen LogP contribution in [0.1, 0.15) is 28.1 Å². The Kier molecular flexibility index (Phi) is 7.43. The number of nitrogens with one attached hydrogen (secondary N) is 1. The molecule has 8 nitrogen and oxygen atoms in total. The van der Waals surface area contributed by atoms with E-state index in [0.717, 1.165) is 0 Å². The van der Waals surface area contributed by atoms with Gasteiger partial charge in [0.15, 0.2) is 9.84 Å². The van der Waals surface area contributed by atoms with Gasteiger partial charge in [0.1, 0.15) is 16.3 Å². The number of carbonyl (C=O) groups excluding carboxylic acids is 2. The molecule has 2 heterocycles. The Hall–Kier alpha value is -3.28. The molecule has 2 aromatic carbocycles. The molecule has 0 saturated carbocycles. The first kappa shape index (κ1) is 25.8. The molecule has 1 fully saturated rings. The van der Waals surface area contributed by atoms with E-state index in [0.29, 0.717) is 26.6 Å². The number of carbonyl (C=O) groups is 2. The van der Waals surface area contributed by atoms with Crippen molar-refractivity contribution in [3.8, 4) is 16.2 Å². The normalized spacial score (nSPS) is 19.4. The summed E-state index contributed by atoms with van der Waals surface area (Å²) in [5, 5.41) is 9.22. The molecule has 2 amide bonds. The van der Waals surface area contributed by atoms with Crippen molar-refractivity contribution >= 4 is 33.0 Å². The number of thiophene rings is 1. The minimum atomic E-state index is -3.97. The molecule has 1 atom stereocenters. The second-order valence-corrected chi connectivity index (χ2v) is 11.9. The maximum atomic E-state index is 13.7. The molecule has 1 aliphatic rings. The van der Waals surface area contributed by atoms with E-state index in [-0.39, 0.29) is 31.2 Å². The Morgan fingerprint density at radius 1 is 1.11 bits per heavy atom. The number of hydroxylamine groups is 1. The van der Waals surface area contributed by atoms with Crippen molar-refractivity contribution in [2.75, 3.05) is 26.0 Å². The summed E-state index contributed by atoms with van der Waals surface area (Å²) in [6.07, 6.45) is -0.557. The highest BCUT2D eigenvalue weighted by molar-refractivity contribution is 7.92. The SMILES string of the molecule is COc1ccccc1C(=O)N1CCC(CC(=O)NO)(c2ccc(-c3ccc(F)cc3)s2)S(=O)(=O)CC1. The van der Waals surface area contributed by atoms with Gasteiger partial charge in [0, 0.05) is 22.8 Å². The van der Waals surface area contributed by atoms with Crippen LogP contribution in [0.15, 0.2) is 60.7 Å². The summed E-state index contributed by atoms with van der Waals surface area (Å²) in [6, 6.07) is 15.9. The first-order chi connectivity index (χ1) is 17.2. The predicted octanol–water partition coefficient (Wildman–Crippen LogP) is 3.61. The molecule has 4 rings (SSSR count). The van der Waals surface area contributed by atoms with E-state index in [1.54, 1.807) is 54.0 Å². The van der Waals surface area contributed by atoms with Crippen LogP contribution in [0.2, 0.25) is 0 Å². The molecule has 0 radical (unpaired) electrons.